The summed E-state index contributed by atoms with van der Waals surface area (Å²) in [4.78, 5) is 12.5. The second kappa shape index (κ2) is 5.32. The van der Waals surface area contributed by atoms with Crippen molar-refractivity contribution in [2.24, 2.45) is 0 Å². The van der Waals surface area contributed by atoms with E-state index in [1.807, 2.05) is 25.1 Å². The van der Waals surface area contributed by atoms with Gasteiger partial charge in [-0.05, 0) is 48.9 Å². The molecule has 1 N–H and O–H groups in total. The molecule has 2 aromatic carbocycles. The zero-order chi connectivity index (χ0) is 16.0. The van der Waals surface area contributed by atoms with Crippen LogP contribution in [0.3, 0.4) is 0 Å². The summed E-state index contributed by atoms with van der Waals surface area (Å²) < 4.78 is 11.2. The molecule has 4 nitrogen and oxygen atoms in total. The normalized spacial score (nSPS) is 13.0. The molecule has 2 heterocycles. The van der Waals surface area contributed by atoms with E-state index in [9.17, 15) is 4.79 Å². The molecule has 0 bridgehead atoms. The van der Waals surface area contributed by atoms with Gasteiger partial charge >= 0.3 is 0 Å². The lowest BCUT2D eigenvalue weighted by atomic mass is 10.1. The summed E-state index contributed by atoms with van der Waals surface area (Å²) >= 11 is 6.01. The lowest BCUT2D eigenvalue weighted by Crippen LogP contribution is -2.12. The van der Waals surface area contributed by atoms with E-state index in [0.717, 1.165) is 34.4 Å². The number of ether oxygens (including phenoxy) is 1. The van der Waals surface area contributed by atoms with Crippen molar-refractivity contribution in [3.63, 3.8) is 0 Å². The maximum Gasteiger partial charge on any atom is 0.291 e. The smallest absolute Gasteiger partial charge is 0.291 e. The van der Waals surface area contributed by atoms with Crippen molar-refractivity contribution in [3.8, 4) is 5.75 Å². The molecule has 4 rings (SSSR count). The van der Waals surface area contributed by atoms with Crippen LogP contribution in [0.15, 0.2) is 40.8 Å². The number of anilines is 1. The molecule has 0 radical (unpaired) electrons. The van der Waals surface area contributed by atoms with Gasteiger partial charge in [0, 0.05) is 28.1 Å². The SMILES string of the molecule is Cc1c(C(=O)Nc2ccc3c(c2)CCO3)oc2ccc(Cl)cc12. The number of hydrogen-bond acceptors (Lipinski definition) is 3. The number of rotatable bonds is 2. The number of benzene rings is 2. The van der Waals surface area contributed by atoms with Crippen molar-refractivity contribution in [2.45, 2.75) is 13.3 Å². The quantitative estimate of drug-likeness (QED) is 0.749. The van der Waals surface area contributed by atoms with Crippen LogP contribution in [-0.2, 0) is 6.42 Å². The van der Waals surface area contributed by atoms with Crippen LogP contribution >= 0.6 is 11.6 Å². The summed E-state index contributed by atoms with van der Waals surface area (Å²) in [5.41, 5.74) is 3.27. The van der Waals surface area contributed by atoms with E-state index in [0.29, 0.717) is 23.0 Å². The van der Waals surface area contributed by atoms with Crippen LogP contribution in [0, 0.1) is 6.92 Å². The Kier molecular flexibility index (Phi) is 3.27. The lowest BCUT2D eigenvalue weighted by Gasteiger charge is -2.06. The fourth-order valence-electron chi connectivity index (χ4n) is 2.86. The standard InChI is InChI=1S/C18H14ClNO3/c1-10-14-9-12(19)2-4-16(14)23-17(10)18(21)20-13-3-5-15-11(8-13)6-7-22-15/h2-5,8-9H,6-7H2,1H3,(H,20,21). The molecule has 0 saturated heterocycles. The Labute approximate surface area is 138 Å². The highest BCUT2D eigenvalue weighted by Gasteiger charge is 2.19. The van der Waals surface area contributed by atoms with Crippen LogP contribution in [0.1, 0.15) is 21.7 Å². The number of nitrogens with one attached hydrogen (secondary N) is 1. The first-order chi connectivity index (χ1) is 11.1. The molecular weight excluding hydrogens is 314 g/mol. The third kappa shape index (κ3) is 2.45. The third-order valence-corrected chi connectivity index (χ3v) is 4.29. The van der Waals surface area contributed by atoms with Gasteiger partial charge in [-0.3, -0.25) is 4.79 Å². The van der Waals surface area contributed by atoms with Crippen molar-refractivity contribution in [2.75, 3.05) is 11.9 Å². The number of carbonyl (C=O) groups excluding carboxylic acids is 1. The molecule has 1 aliphatic rings. The van der Waals surface area contributed by atoms with Gasteiger partial charge in [0.1, 0.15) is 11.3 Å². The average molecular weight is 328 g/mol. The minimum atomic E-state index is -0.270. The van der Waals surface area contributed by atoms with Crippen LogP contribution < -0.4 is 10.1 Å². The topological polar surface area (TPSA) is 51.5 Å². The molecule has 0 saturated carbocycles. The van der Waals surface area contributed by atoms with Crippen LogP contribution in [0.2, 0.25) is 5.02 Å². The molecule has 0 atom stereocenters. The van der Waals surface area contributed by atoms with Gasteiger partial charge in [-0.15, -0.1) is 0 Å². The Morgan fingerprint density at radius 2 is 2.09 bits per heavy atom. The fourth-order valence-corrected chi connectivity index (χ4v) is 3.03. The minimum absolute atomic E-state index is 0.270. The summed E-state index contributed by atoms with van der Waals surface area (Å²) in [6.45, 7) is 2.55. The minimum Gasteiger partial charge on any atom is -0.493 e. The van der Waals surface area contributed by atoms with Gasteiger partial charge in [0.15, 0.2) is 5.76 Å². The van der Waals surface area contributed by atoms with Crippen molar-refractivity contribution < 1.29 is 13.9 Å². The Bertz CT molecular complexity index is 929. The zero-order valence-electron chi connectivity index (χ0n) is 12.5. The molecule has 116 valence electrons. The molecule has 0 fully saturated rings. The van der Waals surface area contributed by atoms with E-state index < -0.39 is 0 Å². The number of furan rings is 1. The maximum absolute atomic E-state index is 12.5. The van der Waals surface area contributed by atoms with Gasteiger partial charge in [0.25, 0.3) is 5.91 Å². The molecular formula is C18H14ClNO3. The van der Waals surface area contributed by atoms with E-state index in [-0.39, 0.29) is 5.91 Å². The first-order valence-electron chi connectivity index (χ1n) is 7.37. The zero-order valence-corrected chi connectivity index (χ0v) is 13.2. The molecule has 3 aromatic rings. The first kappa shape index (κ1) is 14.2. The highest BCUT2D eigenvalue weighted by molar-refractivity contribution is 6.31. The second-order valence-electron chi connectivity index (χ2n) is 5.57. The largest absolute Gasteiger partial charge is 0.493 e. The average Bonchev–Trinajstić information content (AvgIpc) is 3.12. The Morgan fingerprint density at radius 3 is 2.96 bits per heavy atom. The van der Waals surface area contributed by atoms with Gasteiger partial charge in [-0.2, -0.15) is 0 Å². The number of carbonyl (C=O) groups is 1. The van der Waals surface area contributed by atoms with E-state index in [1.54, 1.807) is 18.2 Å². The fraction of sp³-hybridized carbons (Fsp3) is 0.167. The number of aryl methyl sites for hydroxylation is 1. The van der Waals surface area contributed by atoms with Crippen molar-refractivity contribution in [3.05, 3.63) is 58.3 Å². The summed E-state index contributed by atoms with van der Waals surface area (Å²) in [5, 5.41) is 4.35. The number of hydrogen-bond donors (Lipinski definition) is 1. The Morgan fingerprint density at radius 1 is 1.22 bits per heavy atom. The second-order valence-corrected chi connectivity index (χ2v) is 6.01. The van der Waals surface area contributed by atoms with Crippen molar-refractivity contribution in [1.29, 1.82) is 0 Å². The van der Waals surface area contributed by atoms with Gasteiger partial charge in [0.2, 0.25) is 0 Å². The highest BCUT2D eigenvalue weighted by atomic mass is 35.5. The first-order valence-corrected chi connectivity index (χ1v) is 7.75. The summed E-state index contributed by atoms with van der Waals surface area (Å²) in [5.74, 6) is 0.922. The third-order valence-electron chi connectivity index (χ3n) is 4.05. The Balaban J connectivity index is 1.65. The molecule has 0 spiro atoms. The Hall–Kier alpha value is -2.46. The summed E-state index contributed by atoms with van der Waals surface area (Å²) in [6.07, 6.45) is 0.862. The highest BCUT2D eigenvalue weighted by Crippen LogP contribution is 2.30. The van der Waals surface area contributed by atoms with Crippen molar-refractivity contribution >= 4 is 34.2 Å². The molecule has 0 unspecified atom stereocenters. The molecule has 23 heavy (non-hydrogen) atoms. The molecule has 1 aromatic heterocycles. The van der Waals surface area contributed by atoms with Gasteiger partial charge in [-0.1, -0.05) is 11.6 Å². The van der Waals surface area contributed by atoms with E-state index in [1.165, 1.54) is 0 Å². The van der Waals surface area contributed by atoms with Crippen LogP contribution in [-0.4, -0.2) is 12.5 Å². The van der Waals surface area contributed by atoms with Gasteiger partial charge in [-0.25, -0.2) is 0 Å². The molecule has 1 amide bonds. The van der Waals surface area contributed by atoms with Gasteiger partial charge < -0.3 is 14.5 Å². The lowest BCUT2D eigenvalue weighted by molar-refractivity contribution is 0.0998. The predicted octanol–water partition coefficient (Wildman–Crippen LogP) is 4.58. The molecule has 1 aliphatic heterocycles. The van der Waals surface area contributed by atoms with Crippen molar-refractivity contribution in [1.82, 2.24) is 0 Å². The van der Waals surface area contributed by atoms with Crippen LogP contribution in [0.4, 0.5) is 5.69 Å². The van der Waals surface area contributed by atoms with Crippen LogP contribution in [0.25, 0.3) is 11.0 Å². The van der Waals surface area contributed by atoms with Gasteiger partial charge in [0.05, 0.1) is 6.61 Å². The summed E-state index contributed by atoms with van der Waals surface area (Å²) in [6, 6.07) is 11.0. The summed E-state index contributed by atoms with van der Waals surface area (Å²) in [7, 11) is 0. The monoisotopic (exact) mass is 327 g/mol. The van der Waals surface area contributed by atoms with E-state index >= 15 is 0 Å². The maximum atomic E-state index is 12.5. The predicted molar refractivity (Wildman–Crippen MR) is 89.6 cm³/mol. The van der Waals surface area contributed by atoms with E-state index in [2.05, 4.69) is 5.32 Å². The number of amides is 1. The number of fused-ring (bicyclic) bond motifs is 2. The van der Waals surface area contributed by atoms with E-state index in [4.69, 9.17) is 20.8 Å². The van der Waals surface area contributed by atoms with Crippen LogP contribution in [0.5, 0.6) is 5.75 Å². The number of halogens is 1. The molecule has 0 aliphatic carbocycles. The molecule has 5 heteroatoms.